The Labute approximate surface area is 151 Å². The number of thiazole rings is 1. The number of halogens is 1. The number of ether oxygens (including phenoxy) is 2. The molecule has 0 saturated carbocycles. The van der Waals surface area contributed by atoms with E-state index in [9.17, 15) is 4.79 Å². The van der Waals surface area contributed by atoms with Crippen molar-refractivity contribution in [3.8, 4) is 22.8 Å². The number of carbonyl (C=O) groups is 1. The van der Waals surface area contributed by atoms with Crippen molar-refractivity contribution in [2.45, 2.75) is 0 Å². The summed E-state index contributed by atoms with van der Waals surface area (Å²) in [6.07, 6.45) is 0. The van der Waals surface area contributed by atoms with Gasteiger partial charge in [-0.25, -0.2) is 4.98 Å². The topological polar surface area (TPSA) is 60.5 Å². The molecule has 0 saturated heterocycles. The van der Waals surface area contributed by atoms with Crippen molar-refractivity contribution in [1.82, 2.24) is 4.98 Å². The Morgan fingerprint density at radius 2 is 2.04 bits per heavy atom. The largest absolute Gasteiger partial charge is 0.497 e. The van der Waals surface area contributed by atoms with E-state index in [0.29, 0.717) is 25.8 Å². The Bertz CT molecular complexity index is 876. The zero-order valence-corrected chi connectivity index (χ0v) is 15.2. The molecule has 0 aliphatic carbocycles. The molecule has 3 rings (SSSR count). The number of methoxy groups -OCH3 is 2. The molecule has 2 aromatic heterocycles. The van der Waals surface area contributed by atoms with Gasteiger partial charge in [-0.1, -0.05) is 11.6 Å². The van der Waals surface area contributed by atoms with Crippen molar-refractivity contribution in [3.05, 3.63) is 44.9 Å². The van der Waals surface area contributed by atoms with E-state index in [1.165, 1.54) is 22.7 Å². The minimum atomic E-state index is -0.227. The first-order valence-corrected chi connectivity index (χ1v) is 8.92. The third kappa shape index (κ3) is 3.53. The van der Waals surface area contributed by atoms with Crippen LogP contribution in [0.5, 0.6) is 11.5 Å². The molecule has 0 bridgehead atoms. The lowest BCUT2D eigenvalue weighted by atomic mass is 10.1. The average Bonchev–Trinajstić information content (AvgIpc) is 3.23. The van der Waals surface area contributed by atoms with Crippen LogP contribution in [0.25, 0.3) is 11.3 Å². The van der Waals surface area contributed by atoms with Gasteiger partial charge >= 0.3 is 0 Å². The Kier molecular flexibility index (Phi) is 5.03. The lowest BCUT2D eigenvalue weighted by Crippen LogP contribution is -2.09. The SMILES string of the molecule is COc1ccc(-c2csc(NC(=O)c3ccc(Cl)s3)n2)c(OC)c1. The third-order valence-corrected chi connectivity index (χ3v) is 5.19. The van der Waals surface area contributed by atoms with E-state index in [-0.39, 0.29) is 5.91 Å². The lowest BCUT2D eigenvalue weighted by Gasteiger charge is -2.08. The van der Waals surface area contributed by atoms with Crippen LogP contribution < -0.4 is 14.8 Å². The molecule has 1 N–H and O–H groups in total. The van der Waals surface area contributed by atoms with E-state index in [1.54, 1.807) is 32.4 Å². The summed E-state index contributed by atoms with van der Waals surface area (Å²) in [6, 6.07) is 8.88. The van der Waals surface area contributed by atoms with Crippen LogP contribution in [0, 0.1) is 0 Å². The summed E-state index contributed by atoms with van der Waals surface area (Å²) in [5.41, 5.74) is 1.55. The molecule has 1 aromatic carbocycles. The van der Waals surface area contributed by atoms with Crippen LogP contribution in [-0.4, -0.2) is 25.1 Å². The third-order valence-electron chi connectivity index (χ3n) is 3.21. The maximum absolute atomic E-state index is 12.1. The van der Waals surface area contributed by atoms with Crippen molar-refractivity contribution in [1.29, 1.82) is 0 Å². The quantitative estimate of drug-likeness (QED) is 0.691. The van der Waals surface area contributed by atoms with Crippen LogP contribution in [0.2, 0.25) is 4.34 Å². The molecule has 24 heavy (non-hydrogen) atoms. The van der Waals surface area contributed by atoms with Crippen LogP contribution in [0.3, 0.4) is 0 Å². The number of thiophene rings is 1. The highest BCUT2D eigenvalue weighted by atomic mass is 35.5. The second-order valence-corrected chi connectivity index (χ2v) is 7.24. The van der Waals surface area contributed by atoms with E-state index in [4.69, 9.17) is 21.1 Å². The number of benzene rings is 1. The molecule has 124 valence electrons. The van der Waals surface area contributed by atoms with Crippen LogP contribution in [0.4, 0.5) is 5.13 Å². The Morgan fingerprint density at radius 3 is 2.71 bits per heavy atom. The number of hydrogen-bond donors (Lipinski definition) is 1. The summed E-state index contributed by atoms with van der Waals surface area (Å²) >= 11 is 8.42. The number of nitrogens with zero attached hydrogens (tertiary/aromatic N) is 1. The van der Waals surface area contributed by atoms with Gasteiger partial charge in [0.05, 0.1) is 29.1 Å². The van der Waals surface area contributed by atoms with Gasteiger partial charge in [0.2, 0.25) is 0 Å². The number of anilines is 1. The van der Waals surface area contributed by atoms with E-state index in [0.717, 1.165) is 11.3 Å². The minimum Gasteiger partial charge on any atom is -0.497 e. The smallest absolute Gasteiger partial charge is 0.267 e. The molecule has 1 amide bonds. The monoisotopic (exact) mass is 380 g/mol. The van der Waals surface area contributed by atoms with E-state index in [2.05, 4.69) is 10.3 Å². The number of rotatable bonds is 5. The summed E-state index contributed by atoms with van der Waals surface area (Å²) in [5.74, 6) is 1.13. The van der Waals surface area contributed by atoms with Crippen LogP contribution in [0.15, 0.2) is 35.7 Å². The summed E-state index contributed by atoms with van der Waals surface area (Å²) in [4.78, 5) is 17.1. The molecule has 0 atom stereocenters. The van der Waals surface area contributed by atoms with Crippen LogP contribution in [-0.2, 0) is 0 Å². The number of carbonyl (C=O) groups excluding carboxylic acids is 1. The summed E-state index contributed by atoms with van der Waals surface area (Å²) in [5, 5.41) is 5.15. The number of nitrogens with one attached hydrogen (secondary N) is 1. The van der Waals surface area contributed by atoms with Crippen LogP contribution >= 0.6 is 34.3 Å². The predicted octanol–water partition coefficient (Wildman–Crippen LogP) is 4.79. The Balaban J connectivity index is 1.82. The van der Waals surface area contributed by atoms with Crippen molar-refractivity contribution in [2.24, 2.45) is 0 Å². The van der Waals surface area contributed by atoms with Crippen molar-refractivity contribution >= 4 is 45.3 Å². The second kappa shape index (κ2) is 7.21. The number of aromatic nitrogens is 1. The highest BCUT2D eigenvalue weighted by Gasteiger charge is 2.14. The zero-order chi connectivity index (χ0) is 17.1. The minimum absolute atomic E-state index is 0.227. The molecule has 0 aliphatic rings. The first kappa shape index (κ1) is 16.8. The fraction of sp³-hybridized carbons (Fsp3) is 0.125. The lowest BCUT2D eigenvalue weighted by molar-refractivity contribution is 0.103. The zero-order valence-electron chi connectivity index (χ0n) is 12.8. The molecule has 3 aromatic rings. The maximum Gasteiger partial charge on any atom is 0.267 e. The summed E-state index contributed by atoms with van der Waals surface area (Å²) in [6.45, 7) is 0. The highest BCUT2D eigenvalue weighted by molar-refractivity contribution is 7.18. The number of amides is 1. The van der Waals surface area contributed by atoms with E-state index >= 15 is 0 Å². The fourth-order valence-corrected chi connectivity index (χ4v) is 3.70. The van der Waals surface area contributed by atoms with Gasteiger partial charge in [-0.15, -0.1) is 22.7 Å². The molecule has 5 nitrogen and oxygen atoms in total. The van der Waals surface area contributed by atoms with Gasteiger partial charge in [-0.2, -0.15) is 0 Å². The number of hydrogen-bond acceptors (Lipinski definition) is 6. The highest BCUT2D eigenvalue weighted by Crippen LogP contribution is 2.35. The molecule has 0 fully saturated rings. The van der Waals surface area contributed by atoms with Gasteiger partial charge in [0, 0.05) is 17.0 Å². The fourth-order valence-electron chi connectivity index (χ4n) is 2.06. The second-order valence-electron chi connectivity index (χ2n) is 4.66. The Hall–Kier alpha value is -2.09. The van der Waals surface area contributed by atoms with Gasteiger partial charge in [0.25, 0.3) is 5.91 Å². The molecule has 8 heteroatoms. The van der Waals surface area contributed by atoms with Crippen molar-refractivity contribution in [2.75, 3.05) is 19.5 Å². The van der Waals surface area contributed by atoms with Gasteiger partial charge in [0.1, 0.15) is 11.5 Å². The summed E-state index contributed by atoms with van der Waals surface area (Å²) < 4.78 is 11.2. The average molecular weight is 381 g/mol. The molecule has 0 spiro atoms. The Morgan fingerprint density at radius 1 is 1.21 bits per heavy atom. The van der Waals surface area contributed by atoms with Gasteiger partial charge < -0.3 is 9.47 Å². The molecular weight excluding hydrogens is 368 g/mol. The first-order valence-electron chi connectivity index (χ1n) is 6.85. The normalized spacial score (nSPS) is 10.5. The van der Waals surface area contributed by atoms with Crippen molar-refractivity contribution in [3.63, 3.8) is 0 Å². The standard InChI is InChI=1S/C16H13ClN2O3S2/c1-21-9-3-4-10(12(7-9)22-2)11-8-23-16(18-11)19-15(20)13-5-6-14(17)24-13/h3-8H,1-2H3,(H,18,19,20). The van der Waals surface area contributed by atoms with Crippen molar-refractivity contribution < 1.29 is 14.3 Å². The van der Waals surface area contributed by atoms with Gasteiger partial charge in [0.15, 0.2) is 5.13 Å². The molecule has 0 aliphatic heterocycles. The van der Waals surface area contributed by atoms with Gasteiger partial charge in [-0.05, 0) is 24.3 Å². The van der Waals surface area contributed by atoms with E-state index < -0.39 is 0 Å². The molecule has 0 radical (unpaired) electrons. The van der Waals surface area contributed by atoms with Crippen LogP contribution in [0.1, 0.15) is 9.67 Å². The molecule has 2 heterocycles. The maximum atomic E-state index is 12.1. The molecule has 0 unspecified atom stereocenters. The first-order chi connectivity index (χ1) is 11.6. The summed E-state index contributed by atoms with van der Waals surface area (Å²) in [7, 11) is 3.19. The van der Waals surface area contributed by atoms with E-state index in [1.807, 2.05) is 17.5 Å². The van der Waals surface area contributed by atoms with Gasteiger partial charge in [-0.3, -0.25) is 10.1 Å². The molecular formula is C16H13ClN2O3S2. The predicted molar refractivity (Wildman–Crippen MR) is 97.9 cm³/mol.